The van der Waals surface area contributed by atoms with Crippen molar-refractivity contribution in [2.45, 2.75) is 19.8 Å². The number of carbonyl (C=O) groups is 2. The molecule has 0 radical (unpaired) electrons. The zero-order valence-corrected chi connectivity index (χ0v) is 20.7. The Morgan fingerprint density at radius 1 is 1.15 bits per heavy atom. The maximum absolute atomic E-state index is 12.7. The van der Waals surface area contributed by atoms with Crippen molar-refractivity contribution in [2.24, 2.45) is 5.92 Å². The minimum Gasteiger partial charge on any atom is -0.497 e. The van der Waals surface area contributed by atoms with Crippen molar-refractivity contribution in [3.8, 4) is 5.75 Å². The summed E-state index contributed by atoms with van der Waals surface area (Å²) in [4.78, 5) is 27.7. The maximum atomic E-state index is 12.7. The fourth-order valence-corrected chi connectivity index (χ4v) is 5.38. The highest BCUT2D eigenvalue weighted by atomic mass is 35.5. The SMILES string of the molecule is COc1ccc2c(Cl)c(C(=O)NC(=S)Nc3ccc(C(=O)N4CCC(C)CC4)cc3)sc2c1. The number of thiocarbonyl (C=S) groups is 1. The summed E-state index contributed by atoms with van der Waals surface area (Å²) in [6.45, 7) is 3.81. The first-order valence-electron chi connectivity index (χ1n) is 10.6. The van der Waals surface area contributed by atoms with Crippen LogP contribution in [-0.2, 0) is 0 Å². The Kier molecular flexibility index (Phi) is 7.17. The summed E-state index contributed by atoms with van der Waals surface area (Å²) in [7, 11) is 1.59. The smallest absolute Gasteiger partial charge is 0.269 e. The Balaban J connectivity index is 1.37. The number of nitrogens with zero attached hydrogens (tertiary/aromatic N) is 1. The average molecular weight is 502 g/mol. The largest absolute Gasteiger partial charge is 0.497 e. The Labute approximate surface area is 206 Å². The van der Waals surface area contributed by atoms with E-state index in [1.165, 1.54) is 11.3 Å². The molecule has 2 heterocycles. The number of nitrogens with one attached hydrogen (secondary N) is 2. The van der Waals surface area contributed by atoms with Gasteiger partial charge in [0.25, 0.3) is 11.8 Å². The first-order chi connectivity index (χ1) is 15.9. The predicted octanol–water partition coefficient (Wildman–Crippen LogP) is 5.56. The minimum atomic E-state index is -0.385. The summed E-state index contributed by atoms with van der Waals surface area (Å²) in [5, 5.41) is 6.97. The number of thiophene rings is 1. The van der Waals surface area contributed by atoms with Gasteiger partial charge in [-0.25, -0.2) is 0 Å². The lowest BCUT2D eigenvalue weighted by atomic mass is 9.98. The number of likely N-dealkylation sites (tertiary alicyclic amines) is 1. The zero-order valence-electron chi connectivity index (χ0n) is 18.3. The van der Waals surface area contributed by atoms with Gasteiger partial charge in [0.2, 0.25) is 0 Å². The second-order valence-electron chi connectivity index (χ2n) is 8.07. The van der Waals surface area contributed by atoms with Crippen LogP contribution in [0.25, 0.3) is 10.1 Å². The lowest BCUT2D eigenvalue weighted by molar-refractivity contribution is 0.0697. The molecule has 1 aromatic heterocycles. The van der Waals surface area contributed by atoms with E-state index in [2.05, 4.69) is 17.6 Å². The van der Waals surface area contributed by atoms with Gasteiger partial charge in [0.1, 0.15) is 10.6 Å². The molecule has 0 unspecified atom stereocenters. The van der Waals surface area contributed by atoms with E-state index >= 15 is 0 Å². The predicted molar refractivity (Wildman–Crippen MR) is 138 cm³/mol. The summed E-state index contributed by atoms with van der Waals surface area (Å²) >= 11 is 13.0. The van der Waals surface area contributed by atoms with E-state index in [0.717, 1.165) is 36.0 Å². The number of carbonyl (C=O) groups excluding carboxylic acids is 2. The second-order valence-corrected chi connectivity index (χ2v) is 9.91. The molecule has 1 aliphatic rings. The van der Waals surface area contributed by atoms with E-state index < -0.39 is 0 Å². The van der Waals surface area contributed by atoms with Crippen LogP contribution in [0.3, 0.4) is 0 Å². The molecule has 4 rings (SSSR count). The Morgan fingerprint density at radius 2 is 1.85 bits per heavy atom. The molecule has 2 N–H and O–H groups in total. The van der Waals surface area contributed by atoms with E-state index in [0.29, 0.717) is 32.8 Å². The van der Waals surface area contributed by atoms with Crippen LogP contribution >= 0.6 is 35.2 Å². The molecular weight excluding hydrogens is 478 g/mol. The van der Waals surface area contributed by atoms with E-state index in [1.54, 1.807) is 37.4 Å². The third kappa shape index (κ3) is 5.29. The number of methoxy groups -OCH3 is 1. The molecule has 0 spiro atoms. The summed E-state index contributed by atoms with van der Waals surface area (Å²) in [5.41, 5.74) is 1.31. The standard InChI is InChI=1S/C24H24ClN3O3S2/c1-14-9-11-28(12-10-14)23(30)15-3-5-16(6-4-15)26-24(32)27-22(29)21-20(25)18-8-7-17(31-2)13-19(18)33-21/h3-8,13-14H,9-12H2,1-2H3,(H2,26,27,29,32). The van der Waals surface area contributed by atoms with Crippen molar-refractivity contribution in [3.05, 3.63) is 57.9 Å². The summed E-state index contributed by atoms with van der Waals surface area (Å²) < 4.78 is 6.09. The number of hydrogen-bond donors (Lipinski definition) is 2. The number of hydrogen-bond acceptors (Lipinski definition) is 5. The Morgan fingerprint density at radius 3 is 2.52 bits per heavy atom. The summed E-state index contributed by atoms with van der Waals surface area (Å²) in [5.74, 6) is 1.02. The van der Waals surface area contributed by atoms with E-state index in [4.69, 9.17) is 28.6 Å². The Hall–Kier alpha value is -2.68. The van der Waals surface area contributed by atoms with Gasteiger partial charge in [-0.3, -0.25) is 14.9 Å². The topological polar surface area (TPSA) is 70.7 Å². The maximum Gasteiger partial charge on any atom is 0.269 e. The van der Waals surface area contributed by atoms with Gasteiger partial charge in [-0.2, -0.15) is 0 Å². The number of anilines is 1. The molecule has 172 valence electrons. The summed E-state index contributed by atoms with van der Waals surface area (Å²) in [6, 6.07) is 12.6. The zero-order chi connectivity index (χ0) is 23.5. The number of ether oxygens (including phenoxy) is 1. The highest BCUT2D eigenvalue weighted by Crippen LogP contribution is 2.37. The number of amides is 2. The van der Waals surface area contributed by atoms with Crippen LogP contribution in [0, 0.1) is 5.92 Å². The molecule has 3 aromatic rings. The molecule has 0 saturated carbocycles. The highest BCUT2D eigenvalue weighted by molar-refractivity contribution is 7.80. The number of piperidine rings is 1. The molecular formula is C24H24ClN3O3S2. The fraction of sp³-hybridized carbons (Fsp3) is 0.292. The molecule has 1 fully saturated rings. The first-order valence-corrected chi connectivity index (χ1v) is 12.2. The van der Waals surface area contributed by atoms with Crippen LogP contribution in [0.5, 0.6) is 5.75 Å². The second kappa shape index (κ2) is 10.1. The molecule has 0 bridgehead atoms. The molecule has 6 nitrogen and oxygen atoms in total. The van der Waals surface area contributed by atoms with Crippen molar-refractivity contribution < 1.29 is 14.3 Å². The monoisotopic (exact) mass is 501 g/mol. The lowest BCUT2D eigenvalue weighted by Crippen LogP contribution is -2.37. The van der Waals surface area contributed by atoms with Crippen LogP contribution in [0.1, 0.15) is 39.8 Å². The molecule has 2 amide bonds. The minimum absolute atomic E-state index is 0.0420. The molecule has 9 heteroatoms. The van der Waals surface area contributed by atoms with Crippen LogP contribution in [0.15, 0.2) is 42.5 Å². The van der Waals surface area contributed by atoms with Crippen LogP contribution in [-0.4, -0.2) is 42.0 Å². The quantitative estimate of drug-likeness (QED) is 0.458. The fourth-order valence-electron chi connectivity index (χ4n) is 3.73. The average Bonchev–Trinajstić information content (AvgIpc) is 3.15. The van der Waals surface area contributed by atoms with E-state index in [1.807, 2.05) is 17.0 Å². The van der Waals surface area contributed by atoms with Gasteiger partial charge in [0.05, 0.1) is 12.1 Å². The van der Waals surface area contributed by atoms with Crippen molar-refractivity contribution in [1.82, 2.24) is 10.2 Å². The third-order valence-corrected chi connectivity index (χ3v) is 7.59. The van der Waals surface area contributed by atoms with Crippen molar-refractivity contribution >= 4 is 67.9 Å². The van der Waals surface area contributed by atoms with Gasteiger partial charge in [-0.1, -0.05) is 18.5 Å². The number of benzene rings is 2. The Bertz CT molecular complexity index is 1200. The number of halogens is 1. The molecule has 1 aliphatic heterocycles. The number of fused-ring (bicyclic) bond motifs is 1. The normalized spacial score (nSPS) is 14.2. The van der Waals surface area contributed by atoms with Gasteiger partial charge in [-0.15, -0.1) is 11.3 Å². The lowest BCUT2D eigenvalue weighted by Gasteiger charge is -2.30. The molecule has 0 aliphatic carbocycles. The molecule has 0 atom stereocenters. The van der Waals surface area contributed by atoms with Gasteiger partial charge in [0, 0.05) is 34.4 Å². The first kappa shape index (κ1) is 23.5. The van der Waals surface area contributed by atoms with E-state index in [-0.39, 0.29) is 16.9 Å². The van der Waals surface area contributed by atoms with Gasteiger partial charge in [-0.05, 0) is 73.4 Å². The molecule has 1 saturated heterocycles. The van der Waals surface area contributed by atoms with Crippen molar-refractivity contribution in [2.75, 3.05) is 25.5 Å². The van der Waals surface area contributed by atoms with Gasteiger partial charge < -0.3 is 15.0 Å². The van der Waals surface area contributed by atoms with Gasteiger partial charge in [0.15, 0.2) is 5.11 Å². The number of rotatable bonds is 4. The summed E-state index contributed by atoms with van der Waals surface area (Å²) in [6.07, 6.45) is 2.08. The molecule has 33 heavy (non-hydrogen) atoms. The van der Waals surface area contributed by atoms with Crippen LogP contribution in [0.4, 0.5) is 5.69 Å². The van der Waals surface area contributed by atoms with Crippen LogP contribution < -0.4 is 15.4 Å². The highest BCUT2D eigenvalue weighted by Gasteiger charge is 2.22. The van der Waals surface area contributed by atoms with E-state index in [9.17, 15) is 9.59 Å². The van der Waals surface area contributed by atoms with Crippen molar-refractivity contribution in [1.29, 1.82) is 0 Å². The molecule has 2 aromatic carbocycles. The van der Waals surface area contributed by atoms with Gasteiger partial charge >= 0.3 is 0 Å². The third-order valence-electron chi connectivity index (χ3n) is 5.73. The van der Waals surface area contributed by atoms with Crippen molar-refractivity contribution in [3.63, 3.8) is 0 Å². The van der Waals surface area contributed by atoms with Crippen LogP contribution in [0.2, 0.25) is 5.02 Å².